The Morgan fingerprint density at radius 2 is 1.95 bits per heavy atom. The van der Waals surface area contributed by atoms with Crippen LogP contribution in [-0.2, 0) is 9.53 Å². The van der Waals surface area contributed by atoms with E-state index >= 15 is 0 Å². The minimum absolute atomic E-state index is 0.271. The number of piperidine rings is 2. The van der Waals surface area contributed by atoms with Crippen molar-refractivity contribution < 1.29 is 9.53 Å². The van der Waals surface area contributed by atoms with Gasteiger partial charge in [0.1, 0.15) is 0 Å². The van der Waals surface area contributed by atoms with Crippen LogP contribution in [0.1, 0.15) is 25.7 Å². The fourth-order valence-electron chi connectivity index (χ4n) is 3.55. The van der Waals surface area contributed by atoms with E-state index in [2.05, 4.69) is 14.9 Å². The molecule has 3 rings (SSSR count). The molecule has 2 aliphatic heterocycles. The van der Waals surface area contributed by atoms with E-state index in [1.807, 2.05) is 11.0 Å². The van der Waals surface area contributed by atoms with Gasteiger partial charge in [-0.2, -0.15) is 0 Å². The Morgan fingerprint density at radius 1 is 1.23 bits per heavy atom. The van der Waals surface area contributed by atoms with Crippen LogP contribution in [-0.4, -0.2) is 60.7 Å². The molecule has 1 aromatic rings. The first-order valence-electron chi connectivity index (χ1n) is 8.01. The number of carbonyl (C=O) groups excluding carboxylic acids is 1. The summed E-state index contributed by atoms with van der Waals surface area (Å²) >= 11 is 0. The molecule has 22 heavy (non-hydrogen) atoms. The highest BCUT2D eigenvalue weighted by molar-refractivity contribution is 5.77. The summed E-state index contributed by atoms with van der Waals surface area (Å²) in [5, 5.41) is 0. The number of ether oxygens (including phenoxy) is 1. The maximum atomic E-state index is 12.1. The third-order valence-corrected chi connectivity index (χ3v) is 4.97. The molecule has 120 valence electrons. The number of anilines is 1. The van der Waals surface area contributed by atoms with Gasteiger partial charge in [-0.05, 0) is 30.7 Å². The van der Waals surface area contributed by atoms with Crippen LogP contribution < -0.4 is 4.90 Å². The number of aromatic nitrogens is 2. The average molecular weight is 304 g/mol. The van der Waals surface area contributed by atoms with E-state index in [1.165, 1.54) is 0 Å². The summed E-state index contributed by atoms with van der Waals surface area (Å²) in [6.07, 6.45) is 7.46. The molecule has 0 bridgehead atoms. The predicted octanol–water partition coefficient (Wildman–Crippen LogP) is 1.33. The zero-order valence-corrected chi connectivity index (χ0v) is 13.2. The van der Waals surface area contributed by atoms with Gasteiger partial charge in [-0.3, -0.25) is 4.79 Å². The number of hydrogen-bond acceptors (Lipinski definition) is 5. The van der Waals surface area contributed by atoms with Gasteiger partial charge in [0.05, 0.1) is 6.61 Å². The van der Waals surface area contributed by atoms with Gasteiger partial charge in [0.15, 0.2) is 0 Å². The van der Waals surface area contributed by atoms with E-state index in [9.17, 15) is 4.79 Å². The smallest absolute Gasteiger partial charge is 0.225 e. The summed E-state index contributed by atoms with van der Waals surface area (Å²) in [6.45, 7) is 4.14. The first-order chi connectivity index (χ1) is 10.7. The molecule has 0 saturated carbocycles. The predicted molar refractivity (Wildman–Crippen MR) is 83.6 cm³/mol. The Kier molecular flexibility index (Phi) is 4.57. The van der Waals surface area contributed by atoms with Crippen LogP contribution in [0.3, 0.4) is 0 Å². The van der Waals surface area contributed by atoms with E-state index in [-0.39, 0.29) is 11.3 Å². The second-order valence-electron chi connectivity index (χ2n) is 6.34. The fourth-order valence-corrected chi connectivity index (χ4v) is 3.55. The monoisotopic (exact) mass is 304 g/mol. The SMILES string of the molecule is COCCN1CC2(CCC1=O)CCN(c1ncccn1)CC2. The average Bonchev–Trinajstić information content (AvgIpc) is 2.57. The lowest BCUT2D eigenvalue weighted by molar-refractivity contribution is -0.139. The van der Waals surface area contributed by atoms with Crippen LogP contribution in [0.15, 0.2) is 18.5 Å². The highest BCUT2D eigenvalue weighted by Crippen LogP contribution is 2.40. The second-order valence-corrected chi connectivity index (χ2v) is 6.34. The van der Waals surface area contributed by atoms with Crippen molar-refractivity contribution >= 4 is 11.9 Å². The van der Waals surface area contributed by atoms with Crippen molar-refractivity contribution in [2.75, 3.05) is 44.8 Å². The molecule has 6 nitrogen and oxygen atoms in total. The van der Waals surface area contributed by atoms with Gasteiger partial charge in [0, 0.05) is 52.1 Å². The van der Waals surface area contributed by atoms with E-state index in [0.29, 0.717) is 19.6 Å². The number of rotatable bonds is 4. The second kappa shape index (κ2) is 6.60. The van der Waals surface area contributed by atoms with Crippen LogP contribution in [0.5, 0.6) is 0 Å². The van der Waals surface area contributed by atoms with Crippen molar-refractivity contribution in [3.63, 3.8) is 0 Å². The molecule has 1 aromatic heterocycles. The van der Waals surface area contributed by atoms with Crippen LogP contribution in [0.2, 0.25) is 0 Å². The van der Waals surface area contributed by atoms with Crippen LogP contribution in [0, 0.1) is 5.41 Å². The number of likely N-dealkylation sites (tertiary alicyclic amines) is 1. The summed E-state index contributed by atoms with van der Waals surface area (Å²) in [7, 11) is 1.68. The molecule has 0 unspecified atom stereocenters. The number of amides is 1. The molecule has 0 N–H and O–H groups in total. The topological polar surface area (TPSA) is 58.6 Å². The lowest BCUT2D eigenvalue weighted by Gasteiger charge is -2.47. The molecule has 1 amide bonds. The molecule has 2 saturated heterocycles. The fraction of sp³-hybridized carbons (Fsp3) is 0.688. The molecule has 3 heterocycles. The quantitative estimate of drug-likeness (QED) is 0.840. The van der Waals surface area contributed by atoms with Crippen molar-refractivity contribution in [3.8, 4) is 0 Å². The number of nitrogens with zero attached hydrogens (tertiary/aromatic N) is 4. The zero-order valence-electron chi connectivity index (χ0n) is 13.2. The van der Waals surface area contributed by atoms with Crippen LogP contribution >= 0.6 is 0 Å². The summed E-state index contributed by atoms with van der Waals surface area (Å²) < 4.78 is 5.12. The molecular weight excluding hydrogens is 280 g/mol. The van der Waals surface area contributed by atoms with Crippen LogP contribution in [0.4, 0.5) is 5.95 Å². The Morgan fingerprint density at radius 3 is 2.64 bits per heavy atom. The van der Waals surface area contributed by atoms with E-state index < -0.39 is 0 Å². The summed E-state index contributed by atoms with van der Waals surface area (Å²) in [4.78, 5) is 25.0. The summed E-state index contributed by atoms with van der Waals surface area (Å²) in [5.41, 5.74) is 0.271. The minimum Gasteiger partial charge on any atom is -0.383 e. The molecule has 0 radical (unpaired) electrons. The van der Waals surface area contributed by atoms with Crippen LogP contribution in [0.25, 0.3) is 0 Å². The maximum absolute atomic E-state index is 12.1. The minimum atomic E-state index is 0.271. The largest absolute Gasteiger partial charge is 0.383 e. The Hall–Kier alpha value is -1.69. The standard InChI is InChI=1S/C16H24N4O2/c1-22-12-11-20-13-16(4-3-14(20)21)5-9-19(10-6-16)15-17-7-2-8-18-15/h2,7-8H,3-6,9-13H2,1H3. The highest BCUT2D eigenvalue weighted by Gasteiger charge is 2.41. The highest BCUT2D eigenvalue weighted by atomic mass is 16.5. The first-order valence-corrected chi connectivity index (χ1v) is 8.01. The van der Waals surface area contributed by atoms with Gasteiger partial charge < -0.3 is 14.5 Å². The lowest BCUT2D eigenvalue weighted by atomic mass is 9.72. The van der Waals surface area contributed by atoms with Gasteiger partial charge in [-0.15, -0.1) is 0 Å². The third-order valence-electron chi connectivity index (χ3n) is 4.97. The van der Waals surface area contributed by atoms with Crippen molar-refractivity contribution in [2.24, 2.45) is 5.41 Å². The summed E-state index contributed by atoms with van der Waals surface area (Å²) in [5.74, 6) is 1.09. The molecule has 2 fully saturated rings. The Labute approximate surface area is 131 Å². The van der Waals surface area contributed by atoms with Crippen molar-refractivity contribution in [1.29, 1.82) is 0 Å². The van der Waals surface area contributed by atoms with Crippen molar-refractivity contribution in [2.45, 2.75) is 25.7 Å². The number of carbonyl (C=O) groups is 1. The Bertz CT molecular complexity index is 500. The number of methoxy groups -OCH3 is 1. The maximum Gasteiger partial charge on any atom is 0.225 e. The van der Waals surface area contributed by atoms with Crippen molar-refractivity contribution in [1.82, 2.24) is 14.9 Å². The molecule has 2 aliphatic rings. The number of hydrogen-bond donors (Lipinski definition) is 0. The van der Waals surface area contributed by atoms with Gasteiger partial charge in [0.2, 0.25) is 11.9 Å². The molecule has 0 aliphatic carbocycles. The van der Waals surface area contributed by atoms with Gasteiger partial charge in [-0.1, -0.05) is 0 Å². The normalized spacial score (nSPS) is 21.4. The van der Waals surface area contributed by atoms with Crippen molar-refractivity contribution in [3.05, 3.63) is 18.5 Å². The molecule has 0 atom stereocenters. The van der Waals surface area contributed by atoms with E-state index in [4.69, 9.17) is 4.74 Å². The molecule has 0 aromatic carbocycles. The lowest BCUT2D eigenvalue weighted by Crippen LogP contribution is -2.52. The third kappa shape index (κ3) is 3.21. The first kappa shape index (κ1) is 15.2. The van der Waals surface area contributed by atoms with Gasteiger partial charge in [0.25, 0.3) is 0 Å². The molecule has 1 spiro atoms. The molecule has 6 heteroatoms. The Balaban J connectivity index is 1.60. The van der Waals surface area contributed by atoms with Gasteiger partial charge >= 0.3 is 0 Å². The van der Waals surface area contributed by atoms with E-state index in [0.717, 1.165) is 44.8 Å². The van der Waals surface area contributed by atoms with E-state index in [1.54, 1.807) is 19.5 Å². The summed E-state index contributed by atoms with van der Waals surface area (Å²) in [6, 6.07) is 1.84. The zero-order chi connectivity index (χ0) is 15.4. The van der Waals surface area contributed by atoms with Gasteiger partial charge in [-0.25, -0.2) is 9.97 Å². The molecular formula is C16H24N4O2.